The average molecular weight is 535 g/mol. The van der Waals surface area contributed by atoms with Crippen molar-refractivity contribution < 1.29 is 9.90 Å². The van der Waals surface area contributed by atoms with Crippen LogP contribution in [0, 0.1) is 0 Å². The molecule has 4 aliphatic heterocycles. The summed E-state index contributed by atoms with van der Waals surface area (Å²) in [6.07, 6.45) is 24.6. The van der Waals surface area contributed by atoms with Gasteiger partial charge < -0.3 is 10.1 Å². The highest BCUT2D eigenvalue weighted by Gasteiger charge is 2.24. The number of aliphatic imine (C=N–C) groups is 3. The maximum atomic E-state index is 12.4. The van der Waals surface area contributed by atoms with Gasteiger partial charge in [-0.25, -0.2) is 15.0 Å². The number of unbranched alkanes of at least 4 members (excludes halogenated alkanes) is 6. The van der Waals surface area contributed by atoms with Gasteiger partial charge in [-0.15, -0.1) is 0 Å². The molecule has 4 aliphatic rings. The Morgan fingerprint density at radius 2 is 1.23 bits per heavy atom. The minimum Gasteiger partial charge on any atom is -0.515 e. The quantitative estimate of drug-likeness (QED) is 0.170. The number of carbonyl (C=O) groups excluding carboxylic acids is 1. The second-order valence-corrected chi connectivity index (χ2v) is 10.6. The van der Waals surface area contributed by atoms with Crippen molar-refractivity contribution in [1.29, 1.82) is 0 Å². The van der Waals surface area contributed by atoms with E-state index in [4.69, 9.17) is 15.0 Å². The molecule has 0 amide bonds. The van der Waals surface area contributed by atoms with Gasteiger partial charge in [0.05, 0.1) is 57.3 Å². The number of nitrogens with one attached hydrogen (secondary N) is 1. The monoisotopic (exact) mass is 534 g/mol. The summed E-state index contributed by atoms with van der Waals surface area (Å²) in [5.74, 6) is 0. The molecule has 0 radical (unpaired) electrons. The Morgan fingerprint density at radius 1 is 0.675 bits per heavy atom. The van der Waals surface area contributed by atoms with Crippen LogP contribution >= 0.6 is 0 Å². The molecule has 1 aromatic rings. The molecule has 206 valence electrons. The third kappa shape index (κ3) is 5.76. The third-order valence-electron chi connectivity index (χ3n) is 7.78. The molecule has 6 nitrogen and oxygen atoms in total. The van der Waals surface area contributed by atoms with Crippen LogP contribution in [0.25, 0.3) is 11.1 Å². The summed E-state index contributed by atoms with van der Waals surface area (Å²) in [4.78, 5) is 30.7. The first kappa shape index (κ1) is 27.5. The summed E-state index contributed by atoms with van der Waals surface area (Å²) in [6, 6.07) is 3.99. The van der Waals surface area contributed by atoms with E-state index in [1.54, 1.807) is 0 Å². The van der Waals surface area contributed by atoms with Crippen molar-refractivity contribution in [2.45, 2.75) is 78.1 Å². The molecule has 40 heavy (non-hydrogen) atoms. The smallest absolute Gasteiger partial charge is 0.154 e. The normalized spacial score (nSPS) is 18.9. The van der Waals surface area contributed by atoms with Crippen LogP contribution in [0.4, 0.5) is 0 Å². The molecule has 0 aromatic carbocycles. The summed E-state index contributed by atoms with van der Waals surface area (Å²) in [5, 5.41) is 10.3. The summed E-state index contributed by atoms with van der Waals surface area (Å²) in [5.41, 5.74) is 9.53. The van der Waals surface area contributed by atoms with E-state index in [9.17, 15) is 9.90 Å². The standard InChI is InChI=1S/C34H38N4O2/c1-3-5-7-9-11-23-27-13-17-31(35-27)25(21-39)33-19-15-29(37-33)24(12-10-8-6-4-2)30-16-20-34(38-30)26(22-40)32-18-14-28(23)36-32/h13-22,35,40H,3-12H2,1-2H3/b26-22+,28-23?,30-24?,33-25?. The SMILES string of the molecule is CCCCCCC1=C2C=CC(=N2)/C(=C/O)C2=NC(=C(CCCCCC)c3ccc([nH]3)C(C=O)=C3C=CC1=N3)C=C2. The van der Waals surface area contributed by atoms with E-state index in [0.717, 1.165) is 90.7 Å². The van der Waals surface area contributed by atoms with Gasteiger partial charge >= 0.3 is 0 Å². The van der Waals surface area contributed by atoms with Crippen molar-refractivity contribution in [3.8, 4) is 0 Å². The lowest BCUT2D eigenvalue weighted by atomic mass is 10.00. The number of aromatic nitrogens is 1. The first-order chi connectivity index (χ1) is 19.7. The van der Waals surface area contributed by atoms with Gasteiger partial charge in [0.1, 0.15) is 0 Å². The van der Waals surface area contributed by atoms with Crippen LogP contribution < -0.4 is 0 Å². The molecule has 8 bridgehead atoms. The van der Waals surface area contributed by atoms with Crippen LogP contribution in [-0.2, 0) is 4.79 Å². The predicted molar refractivity (Wildman–Crippen MR) is 166 cm³/mol. The van der Waals surface area contributed by atoms with E-state index in [-0.39, 0.29) is 0 Å². The predicted octanol–water partition coefficient (Wildman–Crippen LogP) is 8.32. The Hall–Kier alpha value is -4.06. The number of aliphatic hydroxyl groups is 1. The molecule has 5 heterocycles. The first-order valence-electron chi connectivity index (χ1n) is 14.7. The van der Waals surface area contributed by atoms with Gasteiger partial charge in [-0.2, -0.15) is 0 Å². The van der Waals surface area contributed by atoms with Gasteiger partial charge in [-0.05, 0) is 74.3 Å². The fourth-order valence-corrected chi connectivity index (χ4v) is 5.54. The van der Waals surface area contributed by atoms with Crippen LogP contribution in [-0.4, -0.2) is 33.5 Å². The first-order valence-corrected chi connectivity index (χ1v) is 14.7. The number of nitrogens with zero attached hydrogens (tertiary/aromatic N) is 3. The van der Waals surface area contributed by atoms with Crippen LogP contribution in [0.5, 0.6) is 0 Å². The van der Waals surface area contributed by atoms with Crippen molar-refractivity contribution in [3.05, 3.63) is 94.5 Å². The van der Waals surface area contributed by atoms with Gasteiger partial charge in [-0.3, -0.25) is 4.79 Å². The van der Waals surface area contributed by atoms with Gasteiger partial charge in [-0.1, -0.05) is 52.4 Å². The highest BCUT2D eigenvalue weighted by atomic mass is 16.2. The van der Waals surface area contributed by atoms with Crippen molar-refractivity contribution in [3.63, 3.8) is 0 Å². The number of fused-ring (bicyclic) bond motifs is 5. The lowest BCUT2D eigenvalue weighted by Crippen LogP contribution is -2.07. The Morgan fingerprint density at radius 3 is 1.85 bits per heavy atom. The van der Waals surface area contributed by atoms with E-state index in [1.165, 1.54) is 25.7 Å². The maximum absolute atomic E-state index is 12.4. The molecule has 0 saturated carbocycles. The van der Waals surface area contributed by atoms with Crippen LogP contribution in [0.3, 0.4) is 0 Å². The summed E-state index contributed by atoms with van der Waals surface area (Å²) in [7, 11) is 0. The highest BCUT2D eigenvalue weighted by molar-refractivity contribution is 6.33. The summed E-state index contributed by atoms with van der Waals surface area (Å²) < 4.78 is 0. The second kappa shape index (κ2) is 12.9. The van der Waals surface area contributed by atoms with Crippen LogP contribution in [0.15, 0.2) is 98.1 Å². The number of hydrogen-bond acceptors (Lipinski definition) is 5. The number of aldehydes is 1. The summed E-state index contributed by atoms with van der Waals surface area (Å²) >= 11 is 0. The largest absolute Gasteiger partial charge is 0.515 e. The molecule has 0 saturated heterocycles. The fraction of sp³-hybridized carbons (Fsp3) is 0.353. The van der Waals surface area contributed by atoms with Gasteiger partial charge in [0.15, 0.2) is 6.29 Å². The lowest BCUT2D eigenvalue weighted by Gasteiger charge is -2.10. The number of H-pyrrole nitrogens is 1. The Labute approximate surface area is 236 Å². The topological polar surface area (TPSA) is 90.2 Å². The van der Waals surface area contributed by atoms with E-state index in [2.05, 4.69) is 18.8 Å². The van der Waals surface area contributed by atoms with Gasteiger partial charge in [0.25, 0.3) is 0 Å². The zero-order valence-corrected chi connectivity index (χ0v) is 23.5. The van der Waals surface area contributed by atoms with E-state index in [0.29, 0.717) is 28.3 Å². The van der Waals surface area contributed by atoms with E-state index < -0.39 is 0 Å². The van der Waals surface area contributed by atoms with Crippen LogP contribution in [0.1, 0.15) is 89.4 Å². The Kier molecular flexibility index (Phi) is 8.84. The molecule has 5 rings (SSSR count). The third-order valence-corrected chi connectivity index (χ3v) is 7.78. The van der Waals surface area contributed by atoms with Crippen molar-refractivity contribution >= 4 is 34.6 Å². The minimum atomic E-state index is 0.540. The molecule has 0 aliphatic carbocycles. The van der Waals surface area contributed by atoms with Crippen molar-refractivity contribution in [2.75, 3.05) is 0 Å². The fourth-order valence-electron chi connectivity index (χ4n) is 5.54. The van der Waals surface area contributed by atoms with Gasteiger partial charge in [0, 0.05) is 16.8 Å². The van der Waals surface area contributed by atoms with Gasteiger partial charge in [0.2, 0.25) is 0 Å². The minimum absolute atomic E-state index is 0.540. The molecular formula is C34H38N4O2. The van der Waals surface area contributed by atoms with Crippen LogP contribution in [0.2, 0.25) is 0 Å². The molecule has 6 heteroatoms. The second-order valence-electron chi connectivity index (χ2n) is 10.6. The molecule has 0 atom stereocenters. The van der Waals surface area contributed by atoms with Crippen molar-refractivity contribution in [1.82, 2.24) is 4.98 Å². The lowest BCUT2D eigenvalue weighted by molar-refractivity contribution is -0.103. The van der Waals surface area contributed by atoms with E-state index >= 15 is 0 Å². The molecule has 0 spiro atoms. The number of carbonyl (C=O) groups is 1. The molecule has 0 fully saturated rings. The number of rotatable bonds is 11. The number of hydrogen-bond donors (Lipinski definition) is 2. The maximum Gasteiger partial charge on any atom is 0.154 e. The average Bonchev–Trinajstić information content (AvgIpc) is 3.78. The number of aliphatic hydroxyl groups excluding tert-OH is 1. The van der Waals surface area contributed by atoms with E-state index in [1.807, 2.05) is 48.6 Å². The summed E-state index contributed by atoms with van der Waals surface area (Å²) in [6.45, 7) is 4.41. The molecule has 1 aromatic heterocycles. The van der Waals surface area contributed by atoms with Crippen molar-refractivity contribution in [2.24, 2.45) is 15.0 Å². The zero-order chi connectivity index (χ0) is 27.9. The Balaban J connectivity index is 1.65. The zero-order valence-electron chi connectivity index (χ0n) is 23.5. The molecular weight excluding hydrogens is 496 g/mol. The molecule has 0 unspecified atom stereocenters. The number of aromatic amines is 1. The Bertz CT molecular complexity index is 1480. The molecule has 2 N–H and O–H groups in total. The highest BCUT2D eigenvalue weighted by Crippen LogP contribution is 2.33. The number of allylic oxidation sites excluding steroid dienone is 10.